The van der Waals surface area contributed by atoms with Gasteiger partial charge in [-0.15, -0.1) is 0 Å². The summed E-state index contributed by atoms with van der Waals surface area (Å²) in [6, 6.07) is 4.22. The van der Waals surface area contributed by atoms with Crippen molar-refractivity contribution in [3.8, 4) is 11.3 Å². The van der Waals surface area contributed by atoms with Gasteiger partial charge in [-0.05, 0) is 43.5 Å². The number of benzene rings is 1. The Morgan fingerprint density at radius 2 is 1.89 bits per heavy atom. The molecule has 0 unspecified atom stereocenters. The van der Waals surface area contributed by atoms with Crippen LogP contribution in [0.25, 0.3) is 11.3 Å². The lowest BCUT2D eigenvalue weighted by atomic mass is 9.99. The average molecular weight is 244 g/mol. The van der Waals surface area contributed by atoms with Crippen LogP contribution in [0.3, 0.4) is 0 Å². The Hall–Kier alpha value is -2.10. The lowest BCUT2D eigenvalue weighted by Crippen LogP contribution is -2.06. The van der Waals surface area contributed by atoms with E-state index in [2.05, 4.69) is 31.0 Å². The summed E-state index contributed by atoms with van der Waals surface area (Å²) >= 11 is 0. The number of imidazole rings is 1. The maximum atomic E-state index is 10.6. The minimum Gasteiger partial charge on any atom is -0.480 e. The van der Waals surface area contributed by atoms with Crippen molar-refractivity contribution in [1.29, 1.82) is 0 Å². The number of rotatable bonds is 3. The van der Waals surface area contributed by atoms with Crippen LogP contribution in [0.15, 0.2) is 24.7 Å². The fourth-order valence-electron chi connectivity index (χ4n) is 1.98. The molecular weight excluding hydrogens is 228 g/mol. The maximum Gasteiger partial charge on any atom is 0.323 e. The zero-order valence-electron chi connectivity index (χ0n) is 10.8. The maximum absolute atomic E-state index is 10.6. The van der Waals surface area contributed by atoms with E-state index in [1.54, 1.807) is 17.1 Å². The van der Waals surface area contributed by atoms with Crippen LogP contribution in [0, 0.1) is 20.8 Å². The van der Waals surface area contributed by atoms with Crippen molar-refractivity contribution in [2.45, 2.75) is 27.3 Å². The predicted molar refractivity (Wildman–Crippen MR) is 69.5 cm³/mol. The Morgan fingerprint density at radius 3 is 2.56 bits per heavy atom. The second kappa shape index (κ2) is 4.64. The van der Waals surface area contributed by atoms with Crippen LogP contribution in [-0.4, -0.2) is 20.6 Å². The van der Waals surface area contributed by atoms with Gasteiger partial charge in [-0.3, -0.25) is 4.79 Å². The van der Waals surface area contributed by atoms with Crippen molar-refractivity contribution < 1.29 is 9.90 Å². The summed E-state index contributed by atoms with van der Waals surface area (Å²) in [6.07, 6.45) is 3.32. The van der Waals surface area contributed by atoms with Gasteiger partial charge in [0.15, 0.2) is 0 Å². The number of carboxylic acids is 1. The molecule has 4 heteroatoms. The molecule has 0 fully saturated rings. The smallest absolute Gasteiger partial charge is 0.323 e. The van der Waals surface area contributed by atoms with Crippen molar-refractivity contribution in [1.82, 2.24) is 9.55 Å². The van der Waals surface area contributed by atoms with Gasteiger partial charge in [-0.2, -0.15) is 0 Å². The summed E-state index contributed by atoms with van der Waals surface area (Å²) in [4.78, 5) is 14.9. The molecule has 0 spiro atoms. The van der Waals surface area contributed by atoms with Gasteiger partial charge < -0.3 is 9.67 Å². The third-order valence-electron chi connectivity index (χ3n) is 3.07. The Balaban J connectivity index is 2.40. The van der Waals surface area contributed by atoms with Crippen molar-refractivity contribution in [3.63, 3.8) is 0 Å². The van der Waals surface area contributed by atoms with E-state index in [-0.39, 0.29) is 6.54 Å². The Bertz CT molecular complexity index is 600. The summed E-state index contributed by atoms with van der Waals surface area (Å²) in [5, 5.41) is 8.73. The number of carbonyl (C=O) groups is 1. The van der Waals surface area contributed by atoms with Crippen molar-refractivity contribution >= 4 is 5.97 Å². The lowest BCUT2D eigenvalue weighted by molar-refractivity contribution is -0.137. The Kier molecular flexibility index (Phi) is 3.19. The molecule has 0 amide bonds. The summed E-state index contributed by atoms with van der Waals surface area (Å²) in [5.74, 6) is -0.865. The van der Waals surface area contributed by atoms with Gasteiger partial charge in [-0.25, -0.2) is 4.98 Å². The van der Waals surface area contributed by atoms with Crippen LogP contribution in [0.1, 0.15) is 16.7 Å². The van der Waals surface area contributed by atoms with Gasteiger partial charge in [0.1, 0.15) is 6.54 Å². The molecule has 1 heterocycles. The molecule has 2 aromatic rings. The third-order valence-corrected chi connectivity index (χ3v) is 3.07. The zero-order chi connectivity index (χ0) is 13.3. The molecule has 0 saturated heterocycles. The second-order valence-electron chi connectivity index (χ2n) is 4.58. The Morgan fingerprint density at radius 1 is 1.22 bits per heavy atom. The van der Waals surface area contributed by atoms with Crippen LogP contribution < -0.4 is 0 Å². The molecule has 1 N–H and O–H groups in total. The molecule has 18 heavy (non-hydrogen) atoms. The summed E-state index contributed by atoms with van der Waals surface area (Å²) in [6.45, 7) is 6.12. The number of hydrogen-bond acceptors (Lipinski definition) is 2. The number of aromatic nitrogens is 2. The number of nitrogens with zero attached hydrogens (tertiary/aromatic N) is 2. The molecule has 0 bridgehead atoms. The molecule has 1 aromatic heterocycles. The SMILES string of the molecule is Cc1cc(C)c(-c2cn(CC(=O)O)cn2)cc1C. The van der Waals surface area contributed by atoms with E-state index in [1.807, 2.05) is 6.92 Å². The largest absolute Gasteiger partial charge is 0.480 e. The summed E-state index contributed by atoms with van der Waals surface area (Å²) in [5.41, 5.74) is 5.49. The molecule has 0 aliphatic heterocycles. The van der Waals surface area contributed by atoms with E-state index in [1.165, 1.54) is 11.1 Å². The molecule has 4 nitrogen and oxygen atoms in total. The summed E-state index contributed by atoms with van der Waals surface area (Å²) in [7, 11) is 0. The van der Waals surface area contributed by atoms with Crippen LogP contribution in [0.2, 0.25) is 0 Å². The highest BCUT2D eigenvalue weighted by Gasteiger charge is 2.08. The number of aryl methyl sites for hydroxylation is 3. The zero-order valence-corrected chi connectivity index (χ0v) is 10.8. The fourth-order valence-corrected chi connectivity index (χ4v) is 1.98. The quantitative estimate of drug-likeness (QED) is 0.902. The van der Waals surface area contributed by atoms with Crippen LogP contribution in [-0.2, 0) is 11.3 Å². The fraction of sp³-hybridized carbons (Fsp3) is 0.286. The first-order valence-electron chi connectivity index (χ1n) is 5.79. The van der Waals surface area contributed by atoms with E-state index in [0.717, 1.165) is 16.8 Å². The highest BCUT2D eigenvalue weighted by molar-refractivity contribution is 5.68. The molecule has 0 aliphatic rings. The minimum absolute atomic E-state index is 0.0586. The standard InChI is InChI=1S/C14H16N2O2/c1-9-4-11(3)12(5-10(9)2)13-6-16(8-15-13)7-14(17)18/h4-6,8H,7H2,1-3H3,(H,17,18). The van der Waals surface area contributed by atoms with E-state index in [0.29, 0.717) is 0 Å². The minimum atomic E-state index is -0.865. The van der Waals surface area contributed by atoms with E-state index < -0.39 is 5.97 Å². The monoisotopic (exact) mass is 244 g/mol. The van der Waals surface area contributed by atoms with E-state index in [9.17, 15) is 4.79 Å². The second-order valence-corrected chi connectivity index (χ2v) is 4.58. The highest BCUT2D eigenvalue weighted by atomic mass is 16.4. The first kappa shape index (κ1) is 12.4. The van der Waals surface area contributed by atoms with Gasteiger partial charge in [0.2, 0.25) is 0 Å². The lowest BCUT2D eigenvalue weighted by Gasteiger charge is -2.07. The molecular formula is C14H16N2O2. The average Bonchev–Trinajstić information content (AvgIpc) is 2.70. The first-order valence-corrected chi connectivity index (χ1v) is 5.79. The van der Waals surface area contributed by atoms with E-state index >= 15 is 0 Å². The molecule has 0 atom stereocenters. The van der Waals surface area contributed by atoms with E-state index in [4.69, 9.17) is 5.11 Å². The van der Waals surface area contributed by atoms with Gasteiger partial charge in [0, 0.05) is 11.8 Å². The van der Waals surface area contributed by atoms with Crippen LogP contribution >= 0.6 is 0 Å². The molecule has 0 aliphatic carbocycles. The molecule has 2 rings (SSSR count). The highest BCUT2D eigenvalue weighted by Crippen LogP contribution is 2.24. The topological polar surface area (TPSA) is 55.1 Å². The molecule has 94 valence electrons. The van der Waals surface area contributed by atoms with Crippen molar-refractivity contribution in [2.75, 3.05) is 0 Å². The number of aliphatic carboxylic acids is 1. The normalized spacial score (nSPS) is 10.6. The number of carboxylic acid groups (broad SMARTS) is 1. The van der Waals surface area contributed by atoms with Gasteiger partial charge in [0.25, 0.3) is 0 Å². The van der Waals surface area contributed by atoms with Gasteiger partial charge in [0.05, 0.1) is 12.0 Å². The number of hydrogen-bond donors (Lipinski definition) is 1. The predicted octanol–water partition coefficient (Wildman–Crippen LogP) is 2.56. The molecule has 1 aromatic carbocycles. The third kappa shape index (κ3) is 2.42. The van der Waals surface area contributed by atoms with Gasteiger partial charge >= 0.3 is 5.97 Å². The molecule has 0 saturated carbocycles. The molecule has 0 radical (unpaired) electrons. The van der Waals surface area contributed by atoms with Crippen molar-refractivity contribution in [2.24, 2.45) is 0 Å². The van der Waals surface area contributed by atoms with Crippen molar-refractivity contribution in [3.05, 3.63) is 41.3 Å². The Labute approximate surface area is 106 Å². The van der Waals surface area contributed by atoms with Crippen LogP contribution in [0.5, 0.6) is 0 Å². The summed E-state index contributed by atoms with van der Waals surface area (Å²) < 4.78 is 1.58. The van der Waals surface area contributed by atoms with Gasteiger partial charge in [-0.1, -0.05) is 6.07 Å². The van der Waals surface area contributed by atoms with Crippen LogP contribution in [0.4, 0.5) is 0 Å². The first-order chi connectivity index (χ1) is 8.47.